The van der Waals surface area contributed by atoms with Crippen molar-refractivity contribution in [3.05, 3.63) is 47.6 Å². The van der Waals surface area contributed by atoms with Crippen LogP contribution in [-0.2, 0) is 0 Å². The van der Waals surface area contributed by atoms with Gasteiger partial charge in [0.15, 0.2) is 12.4 Å². The van der Waals surface area contributed by atoms with Crippen LogP contribution in [0.25, 0.3) is 6.08 Å². The number of hydrogen-bond donors (Lipinski definition) is 0. The second kappa shape index (κ2) is 7.82. The van der Waals surface area contributed by atoms with Gasteiger partial charge >= 0.3 is 0 Å². The maximum absolute atomic E-state index is 4.45. The molecule has 0 amide bonds. The van der Waals surface area contributed by atoms with Crippen LogP contribution in [0.4, 0.5) is 0 Å². The largest absolute Gasteiger partial charge is 0.248 e. The van der Waals surface area contributed by atoms with Crippen molar-refractivity contribution in [1.29, 1.82) is 0 Å². The highest BCUT2D eigenvalue weighted by molar-refractivity contribution is 6.18. The van der Waals surface area contributed by atoms with Gasteiger partial charge in [-0.3, -0.25) is 0 Å². The van der Waals surface area contributed by atoms with E-state index in [1.165, 1.54) is 42.4 Å². The predicted octanol–water partition coefficient (Wildman–Crippen LogP) is 5.34. The summed E-state index contributed by atoms with van der Waals surface area (Å²) >= 11 is 0. The van der Waals surface area contributed by atoms with Crippen LogP contribution in [0.1, 0.15) is 61.6 Å². The quantitative estimate of drug-likeness (QED) is 0.454. The number of benzene rings is 1. The maximum Gasteiger partial charge on any atom is 0.248 e. The molecule has 1 aromatic rings. The lowest BCUT2D eigenvalue weighted by Crippen LogP contribution is -2.09. The molecule has 0 radical (unpaired) electrons. The van der Waals surface area contributed by atoms with E-state index in [2.05, 4.69) is 48.6 Å². The highest BCUT2D eigenvalue weighted by Crippen LogP contribution is 2.37. The zero-order valence-electron chi connectivity index (χ0n) is 13.2. The summed E-state index contributed by atoms with van der Waals surface area (Å²) in [7, 11) is 0. The van der Waals surface area contributed by atoms with Gasteiger partial charge in [-0.15, -0.1) is 0 Å². The van der Waals surface area contributed by atoms with Gasteiger partial charge in [0.1, 0.15) is 0 Å². The summed E-state index contributed by atoms with van der Waals surface area (Å²) in [5.41, 5.74) is 3.85. The van der Waals surface area contributed by atoms with Gasteiger partial charge in [-0.25, -0.2) is 0 Å². The van der Waals surface area contributed by atoms with E-state index in [0.717, 1.165) is 12.6 Å². The minimum absolute atomic E-state index is 0.303. The zero-order valence-corrected chi connectivity index (χ0v) is 13.2. The van der Waals surface area contributed by atoms with Crippen molar-refractivity contribution in [2.24, 2.45) is 9.98 Å². The van der Waals surface area contributed by atoms with Crippen molar-refractivity contribution in [3.8, 4) is 0 Å². The van der Waals surface area contributed by atoms with Gasteiger partial charge in [0.25, 0.3) is 0 Å². The summed E-state index contributed by atoms with van der Waals surface area (Å²) in [6.07, 6.45) is 12.7. The monoisotopic (exact) mass is 281 g/mol. The summed E-state index contributed by atoms with van der Waals surface area (Å²) < 4.78 is 0. The molecule has 2 heteroatoms. The first-order valence-electron chi connectivity index (χ1n) is 7.93. The highest BCUT2D eigenvalue weighted by atomic mass is 15.0. The molecule has 0 N–H and O–H groups in total. The topological polar surface area (TPSA) is 24.7 Å². The van der Waals surface area contributed by atoms with Crippen molar-refractivity contribution >= 4 is 18.5 Å². The van der Waals surface area contributed by atoms with Gasteiger partial charge in [-0.05, 0) is 30.0 Å². The fourth-order valence-corrected chi connectivity index (χ4v) is 2.90. The third-order valence-electron chi connectivity index (χ3n) is 4.15. The smallest absolute Gasteiger partial charge is 0.0985 e. The second-order valence-electron chi connectivity index (χ2n) is 5.58. The van der Waals surface area contributed by atoms with Crippen LogP contribution in [-0.4, -0.2) is 12.4 Å². The summed E-state index contributed by atoms with van der Waals surface area (Å²) in [5.74, 6) is 0.303. The second-order valence-corrected chi connectivity index (χ2v) is 5.58. The molecular formula is C19H25N2+. The molecule has 1 unspecified atom stereocenters. The van der Waals surface area contributed by atoms with Crippen LogP contribution in [0, 0.1) is 13.1 Å². The molecule has 1 aliphatic heterocycles. The van der Waals surface area contributed by atoms with Crippen LogP contribution < -0.4 is 0 Å². The Morgan fingerprint density at radius 2 is 1.95 bits per heavy atom. The van der Waals surface area contributed by atoms with Crippen LogP contribution in [0.3, 0.4) is 0 Å². The zero-order chi connectivity index (χ0) is 15.1. The molecule has 0 bridgehead atoms. The fraction of sp³-hybridized carbons (Fsp3) is 0.421. The average Bonchev–Trinajstić information content (AvgIpc) is 3.02. The Kier molecular flexibility index (Phi) is 5.79. The Bertz CT molecular complexity index is 516. The minimum atomic E-state index is 0.303. The summed E-state index contributed by atoms with van der Waals surface area (Å²) in [4.78, 5) is 8.90. The molecule has 21 heavy (non-hydrogen) atoms. The van der Waals surface area contributed by atoms with Crippen molar-refractivity contribution in [2.45, 2.75) is 51.9 Å². The molecule has 0 saturated carbocycles. The van der Waals surface area contributed by atoms with E-state index >= 15 is 0 Å². The maximum atomic E-state index is 4.45. The van der Waals surface area contributed by atoms with Gasteiger partial charge in [-0.1, -0.05) is 73.4 Å². The van der Waals surface area contributed by atoms with Crippen LogP contribution in [0.15, 0.2) is 34.8 Å². The van der Waals surface area contributed by atoms with E-state index in [-0.39, 0.29) is 0 Å². The van der Waals surface area contributed by atoms with E-state index in [4.69, 9.17) is 0 Å². The lowest BCUT2D eigenvalue weighted by molar-refractivity contribution is 0.553. The molecule has 1 atom stereocenters. The third kappa shape index (κ3) is 3.84. The third-order valence-corrected chi connectivity index (χ3v) is 4.15. The van der Waals surface area contributed by atoms with E-state index in [0.29, 0.717) is 5.92 Å². The fourth-order valence-electron chi connectivity index (χ4n) is 2.90. The average molecular weight is 281 g/mol. The van der Waals surface area contributed by atoms with Crippen molar-refractivity contribution in [1.82, 2.24) is 0 Å². The highest BCUT2D eigenvalue weighted by Gasteiger charge is 2.31. The molecule has 1 aliphatic rings. The summed E-state index contributed by atoms with van der Waals surface area (Å²) in [6.45, 7) is 8.33. The van der Waals surface area contributed by atoms with E-state index < -0.39 is 0 Å². The first-order chi connectivity index (χ1) is 10.3. The number of nitrogens with zero attached hydrogens (tertiary/aromatic N) is 2. The van der Waals surface area contributed by atoms with Gasteiger partial charge < -0.3 is 0 Å². The van der Waals surface area contributed by atoms with Crippen LogP contribution in [0.5, 0.6) is 0 Å². The van der Waals surface area contributed by atoms with Gasteiger partial charge in [0, 0.05) is 0 Å². The summed E-state index contributed by atoms with van der Waals surface area (Å²) in [5, 5.41) is 0. The number of aliphatic imine (C=N–C) groups is 2. The molecule has 1 heterocycles. The Hall–Kier alpha value is -1.83. The van der Waals surface area contributed by atoms with E-state index in [9.17, 15) is 0 Å². The lowest BCUT2D eigenvalue weighted by atomic mass is 9.86. The normalized spacial score (nSPS) is 14.7. The molecule has 2 rings (SSSR count). The standard InChI is InChI=1S/C19H25N2/c1-4-6-7-8-11-18(19-20-13-14-21-19)17-12-9-10-16(5-2)15(17)3/h5,9-10,12-14,18H,2,4,6-8,11H2,1,3H3/q+1. The van der Waals surface area contributed by atoms with Crippen molar-refractivity contribution in [3.63, 3.8) is 0 Å². The van der Waals surface area contributed by atoms with Crippen LogP contribution >= 0.6 is 0 Å². The van der Waals surface area contributed by atoms with Crippen molar-refractivity contribution < 1.29 is 0 Å². The molecule has 0 aromatic heterocycles. The van der Waals surface area contributed by atoms with E-state index in [1.807, 2.05) is 6.08 Å². The van der Waals surface area contributed by atoms with Gasteiger partial charge in [0.05, 0.1) is 5.92 Å². The predicted molar refractivity (Wildman–Crippen MR) is 93.0 cm³/mol. The molecule has 0 saturated heterocycles. The number of hydrogen-bond acceptors (Lipinski definition) is 2. The molecule has 0 aliphatic carbocycles. The minimum Gasteiger partial charge on any atom is -0.0985 e. The Balaban J connectivity index is 2.20. The molecular weight excluding hydrogens is 256 g/mol. The number of rotatable bonds is 8. The Labute approximate surface area is 128 Å². The lowest BCUT2D eigenvalue weighted by Gasteiger charge is -2.18. The first kappa shape index (κ1) is 15.6. The Morgan fingerprint density at radius 1 is 1.19 bits per heavy atom. The van der Waals surface area contributed by atoms with Crippen molar-refractivity contribution in [2.75, 3.05) is 0 Å². The molecule has 110 valence electrons. The van der Waals surface area contributed by atoms with Gasteiger partial charge in [0.2, 0.25) is 6.17 Å². The summed E-state index contributed by atoms with van der Waals surface area (Å²) in [6, 6.07) is 6.44. The SMILES string of the molecule is C=Cc1cccc(C(CCCCCC)[C+]2N=CC=N2)c1C. The molecule has 1 aromatic carbocycles. The first-order valence-corrected chi connectivity index (χ1v) is 7.93. The van der Waals surface area contributed by atoms with E-state index in [1.54, 1.807) is 12.4 Å². The number of unbranched alkanes of at least 4 members (excludes halogenated alkanes) is 3. The molecule has 0 fully saturated rings. The molecule has 0 spiro atoms. The molecule has 2 nitrogen and oxygen atoms in total. The Morgan fingerprint density at radius 3 is 2.62 bits per heavy atom. The van der Waals surface area contributed by atoms with Gasteiger partial charge in [-0.2, -0.15) is 0 Å². The van der Waals surface area contributed by atoms with Crippen LogP contribution in [0.2, 0.25) is 0 Å².